The molecule has 5 nitrogen and oxygen atoms in total. The largest absolute Gasteiger partial charge is 0.445 e. The van der Waals surface area contributed by atoms with Gasteiger partial charge in [0, 0.05) is 26.3 Å². The molecule has 1 saturated heterocycles. The van der Waals surface area contributed by atoms with Crippen LogP contribution in [0.5, 0.6) is 0 Å². The van der Waals surface area contributed by atoms with E-state index in [0.717, 1.165) is 36.2 Å². The number of anilines is 1. The van der Waals surface area contributed by atoms with Gasteiger partial charge in [0.15, 0.2) is 0 Å². The van der Waals surface area contributed by atoms with Gasteiger partial charge >= 0.3 is 6.09 Å². The number of aromatic nitrogens is 1. The molecule has 1 amide bonds. The zero-order valence-corrected chi connectivity index (χ0v) is 15.8. The smallest absolute Gasteiger partial charge is 0.410 e. The van der Waals surface area contributed by atoms with Crippen molar-refractivity contribution in [3.05, 3.63) is 65.9 Å². The fourth-order valence-electron chi connectivity index (χ4n) is 3.96. The van der Waals surface area contributed by atoms with Crippen molar-refractivity contribution in [2.45, 2.75) is 38.0 Å². The van der Waals surface area contributed by atoms with Gasteiger partial charge in [-0.15, -0.1) is 0 Å². The lowest BCUT2D eigenvalue weighted by Crippen LogP contribution is -2.43. The molecule has 5 heteroatoms. The zero-order chi connectivity index (χ0) is 18.8. The molecule has 2 aromatic rings. The highest BCUT2D eigenvalue weighted by Gasteiger charge is 2.40. The lowest BCUT2D eigenvalue weighted by molar-refractivity contribution is 0.0832. The third-order valence-electron chi connectivity index (χ3n) is 5.39. The molecular formula is C22H25N3O2. The highest BCUT2D eigenvalue weighted by molar-refractivity contribution is 5.75. The van der Waals surface area contributed by atoms with E-state index in [9.17, 15) is 4.79 Å². The van der Waals surface area contributed by atoms with Crippen molar-refractivity contribution in [2.75, 3.05) is 19.0 Å². The molecule has 0 aliphatic carbocycles. The van der Waals surface area contributed by atoms with Gasteiger partial charge in [-0.3, -0.25) is 4.90 Å². The normalized spacial score (nSPS) is 21.0. The molecule has 2 unspecified atom stereocenters. The average Bonchev–Trinajstić information content (AvgIpc) is 2.96. The number of carbonyl (C=O) groups is 1. The van der Waals surface area contributed by atoms with E-state index >= 15 is 0 Å². The molecule has 1 aromatic heterocycles. The summed E-state index contributed by atoms with van der Waals surface area (Å²) in [5.74, 6) is 0.948. The molecule has 2 aliphatic rings. The summed E-state index contributed by atoms with van der Waals surface area (Å²) in [7, 11) is 3.97. The van der Waals surface area contributed by atoms with Crippen LogP contribution in [0.1, 0.15) is 30.4 Å². The molecule has 1 fully saturated rings. The van der Waals surface area contributed by atoms with Crippen LogP contribution in [0.25, 0.3) is 5.57 Å². The fraction of sp³-hybridized carbons (Fsp3) is 0.364. The van der Waals surface area contributed by atoms with Crippen LogP contribution >= 0.6 is 0 Å². The molecule has 4 rings (SSSR count). The van der Waals surface area contributed by atoms with Crippen LogP contribution in [0.15, 0.2) is 54.7 Å². The summed E-state index contributed by atoms with van der Waals surface area (Å²) in [5.41, 5.74) is 3.45. The van der Waals surface area contributed by atoms with E-state index in [-0.39, 0.29) is 18.2 Å². The maximum absolute atomic E-state index is 12.7. The molecule has 27 heavy (non-hydrogen) atoms. The predicted molar refractivity (Wildman–Crippen MR) is 106 cm³/mol. The molecule has 1 aromatic carbocycles. The standard InChI is InChI=1S/C22H25N3O2/c1-24(2)21-11-8-17(14-23-21)18-12-19-9-10-20(13-18)25(19)22(26)27-15-16-6-4-3-5-7-16/h3-8,11-12,14,19-20H,9-10,13,15H2,1-2H3. The summed E-state index contributed by atoms with van der Waals surface area (Å²) in [4.78, 5) is 21.1. The summed E-state index contributed by atoms with van der Waals surface area (Å²) in [6.45, 7) is 0.322. The number of amides is 1. The Bertz CT molecular complexity index is 830. The highest BCUT2D eigenvalue weighted by atomic mass is 16.6. The highest BCUT2D eigenvalue weighted by Crippen LogP contribution is 2.39. The average molecular weight is 363 g/mol. The Morgan fingerprint density at radius 2 is 2.00 bits per heavy atom. The molecule has 140 valence electrons. The van der Waals surface area contributed by atoms with Crippen molar-refractivity contribution >= 4 is 17.5 Å². The Morgan fingerprint density at radius 3 is 2.67 bits per heavy atom. The van der Waals surface area contributed by atoms with Gasteiger partial charge in [0.25, 0.3) is 0 Å². The number of ether oxygens (including phenoxy) is 1. The van der Waals surface area contributed by atoms with Gasteiger partial charge in [-0.2, -0.15) is 0 Å². The maximum Gasteiger partial charge on any atom is 0.410 e. The molecule has 2 aliphatic heterocycles. The predicted octanol–water partition coefficient (Wildman–Crippen LogP) is 4.10. The first-order valence-electron chi connectivity index (χ1n) is 9.45. The van der Waals surface area contributed by atoms with Crippen LogP contribution in [0.4, 0.5) is 10.6 Å². The van der Waals surface area contributed by atoms with Gasteiger partial charge in [-0.1, -0.05) is 36.4 Å². The monoisotopic (exact) mass is 363 g/mol. The third-order valence-corrected chi connectivity index (χ3v) is 5.39. The van der Waals surface area contributed by atoms with Crippen LogP contribution < -0.4 is 4.90 Å². The van der Waals surface area contributed by atoms with Gasteiger partial charge in [-0.25, -0.2) is 9.78 Å². The zero-order valence-electron chi connectivity index (χ0n) is 15.8. The minimum atomic E-state index is -0.206. The van der Waals surface area contributed by atoms with Crippen molar-refractivity contribution in [3.63, 3.8) is 0 Å². The molecule has 0 spiro atoms. The van der Waals surface area contributed by atoms with Crippen LogP contribution in [-0.2, 0) is 11.3 Å². The quantitative estimate of drug-likeness (QED) is 0.820. The summed E-state index contributed by atoms with van der Waals surface area (Å²) >= 11 is 0. The van der Waals surface area contributed by atoms with Crippen LogP contribution in [-0.4, -0.2) is 42.2 Å². The second kappa shape index (κ2) is 7.43. The molecule has 0 N–H and O–H groups in total. The molecule has 2 atom stereocenters. The number of fused-ring (bicyclic) bond motifs is 2. The Balaban J connectivity index is 1.45. The van der Waals surface area contributed by atoms with Gasteiger partial charge < -0.3 is 9.64 Å². The lowest BCUT2D eigenvalue weighted by atomic mass is 9.96. The van der Waals surface area contributed by atoms with E-state index in [4.69, 9.17) is 4.74 Å². The molecule has 0 saturated carbocycles. The first-order valence-corrected chi connectivity index (χ1v) is 9.45. The lowest BCUT2D eigenvalue weighted by Gasteiger charge is -2.33. The molecular weight excluding hydrogens is 338 g/mol. The molecule has 2 bridgehead atoms. The van der Waals surface area contributed by atoms with E-state index in [1.807, 2.05) is 66.5 Å². The fourth-order valence-corrected chi connectivity index (χ4v) is 3.96. The van der Waals surface area contributed by atoms with E-state index in [2.05, 4.69) is 17.1 Å². The van der Waals surface area contributed by atoms with E-state index in [0.29, 0.717) is 6.61 Å². The topological polar surface area (TPSA) is 45.7 Å². The van der Waals surface area contributed by atoms with E-state index in [1.54, 1.807) is 0 Å². The molecule has 0 radical (unpaired) electrons. The molecule has 3 heterocycles. The second-order valence-corrected chi connectivity index (χ2v) is 7.44. The minimum Gasteiger partial charge on any atom is -0.445 e. The van der Waals surface area contributed by atoms with Crippen molar-refractivity contribution in [2.24, 2.45) is 0 Å². The maximum atomic E-state index is 12.7. The summed E-state index contributed by atoms with van der Waals surface area (Å²) in [6.07, 6.45) is 6.83. The van der Waals surface area contributed by atoms with Gasteiger partial charge in [0.2, 0.25) is 0 Å². The minimum absolute atomic E-state index is 0.121. The van der Waals surface area contributed by atoms with Crippen molar-refractivity contribution < 1.29 is 9.53 Å². The number of pyridine rings is 1. The number of carbonyl (C=O) groups excluding carboxylic acids is 1. The Morgan fingerprint density at radius 1 is 1.19 bits per heavy atom. The van der Waals surface area contributed by atoms with Crippen LogP contribution in [0.3, 0.4) is 0 Å². The van der Waals surface area contributed by atoms with Crippen molar-refractivity contribution in [1.29, 1.82) is 0 Å². The third kappa shape index (κ3) is 3.68. The Labute approximate surface area is 160 Å². The van der Waals surface area contributed by atoms with Crippen LogP contribution in [0, 0.1) is 0 Å². The number of hydrogen-bond acceptors (Lipinski definition) is 4. The second-order valence-electron chi connectivity index (χ2n) is 7.44. The Kier molecular flexibility index (Phi) is 4.84. The number of rotatable bonds is 4. The number of hydrogen-bond donors (Lipinski definition) is 0. The number of benzene rings is 1. The number of nitrogens with zero attached hydrogens (tertiary/aromatic N) is 3. The van der Waals surface area contributed by atoms with E-state index < -0.39 is 0 Å². The Hall–Kier alpha value is -2.82. The van der Waals surface area contributed by atoms with Crippen molar-refractivity contribution in [3.8, 4) is 0 Å². The first-order chi connectivity index (χ1) is 13.1. The van der Waals surface area contributed by atoms with Gasteiger partial charge in [0.1, 0.15) is 12.4 Å². The summed E-state index contributed by atoms with van der Waals surface area (Å²) in [5, 5.41) is 0. The van der Waals surface area contributed by atoms with Gasteiger partial charge in [-0.05, 0) is 48.1 Å². The van der Waals surface area contributed by atoms with Crippen LogP contribution in [0.2, 0.25) is 0 Å². The first kappa shape index (κ1) is 17.6. The summed E-state index contributed by atoms with van der Waals surface area (Å²) < 4.78 is 5.57. The SMILES string of the molecule is CN(C)c1ccc(C2=CC3CCC(C2)N3C(=O)OCc2ccccc2)cn1. The summed E-state index contributed by atoms with van der Waals surface area (Å²) in [6, 6.07) is 14.3. The van der Waals surface area contributed by atoms with E-state index in [1.165, 1.54) is 5.57 Å². The van der Waals surface area contributed by atoms with Gasteiger partial charge in [0.05, 0.1) is 6.04 Å². The van der Waals surface area contributed by atoms with Crippen molar-refractivity contribution in [1.82, 2.24) is 9.88 Å².